The fourth-order valence-corrected chi connectivity index (χ4v) is 5.07. The highest BCUT2D eigenvalue weighted by Crippen LogP contribution is 2.43. The molecular formula is C27H33N3O5. The van der Waals surface area contributed by atoms with Gasteiger partial charge in [0.15, 0.2) is 5.43 Å². The topological polar surface area (TPSA) is 84.6 Å². The summed E-state index contributed by atoms with van der Waals surface area (Å²) in [4.78, 5) is 25.5. The van der Waals surface area contributed by atoms with Gasteiger partial charge in [-0.05, 0) is 37.2 Å². The Hall–Kier alpha value is -3.13. The monoisotopic (exact) mass is 479 g/mol. The van der Waals surface area contributed by atoms with E-state index in [1.165, 1.54) is 0 Å². The lowest BCUT2D eigenvalue weighted by molar-refractivity contribution is 0.0499. The highest BCUT2D eigenvalue weighted by molar-refractivity contribution is 5.97. The van der Waals surface area contributed by atoms with Crippen LogP contribution in [0.5, 0.6) is 5.75 Å². The number of fused-ring (bicyclic) bond motifs is 5. The summed E-state index contributed by atoms with van der Waals surface area (Å²) in [6.07, 6.45) is 3.67. The second-order valence-corrected chi connectivity index (χ2v) is 10.5. The zero-order valence-corrected chi connectivity index (χ0v) is 20.9. The van der Waals surface area contributed by atoms with Crippen LogP contribution < -0.4 is 10.2 Å². The van der Waals surface area contributed by atoms with E-state index >= 15 is 0 Å². The van der Waals surface area contributed by atoms with Gasteiger partial charge in [-0.15, -0.1) is 0 Å². The third-order valence-corrected chi connectivity index (χ3v) is 7.05. The largest absolute Gasteiger partial charge is 0.491 e. The Morgan fingerprint density at radius 3 is 2.71 bits per heavy atom. The molecule has 0 N–H and O–H groups in total. The van der Waals surface area contributed by atoms with Crippen LogP contribution in [0.4, 0.5) is 0 Å². The Kier molecular flexibility index (Phi) is 6.17. The fraction of sp³-hybridized carbons (Fsp3) is 0.519. The van der Waals surface area contributed by atoms with E-state index in [9.17, 15) is 9.59 Å². The minimum atomic E-state index is -0.590. The maximum absolute atomic E-state index is 13.0. The summed E-state index contributed by atoms with van der Waals surface area (Å²) in [6.45, 7) is 11.2. The molecule has 8 heteroatoms. The van der Waals surface area contributed by atoms with Gasteiger partial charge in [-0.3, -0.25) is 9.48 Å². The molecule has 1 saturated heterocycles. The molecule has 35 heavy (non-hydrogen) atoms. The number of carbonyl (C=O) groups is 1. The lowest BCUT2D eigenvalue weighted by atomic mass is 9.85. The summed E-state index contributed by atoms with van der Waals surface area (Å²) in [5.74, 6) is 0.635. The van der Waals surface area contributed by atoms with Gasteiger partial charge in [0.2, 0.25) is 0 Å². The third-order valence-electron chi connectivity index (χ3n) is 7.05. The molecule has 186 valence electrons. The van der Waals surface area contributed by atoms with Gasteiger partial charge in [-0.2, -0.15) is 5.10 Å². The molecule has 1 aromatic carbocycles. The van der Waals surface area contributed by atoms with Gasteiger partial charge in [0.25, 0.3) is 0 Å². The average molecular weight is 480 g/mol. The first-order chi connectivity index (χ1) is 16.8. The predicted molar refractivity (Wildman–Crippen MR) is 133 cm³/mol. The van der Waals surface area contributed by atoms with Gasteiger partial charge in [0.05, 0.1) is 37.2 Å². The van der Waals surface area contributed by atoms with Crippen molar-refractivity contribution in [3.63, 3.8) is 0 Å². The molecule has 0 bridgehead atoms. The van der Waals surface area contributed by atoms with Crippen molar-refractivity contribution in [2.45, 2.75) is 53.1 Å². The van der Waals surface area contributed by atoms with Crippen molar-refractivity contribution in [3.05, 3.63) is 46.2 Å². The molecule has 5 rings (SSSR count). The normalized spacial score (nSPS) is 18.2. The van der Waals surface area contributed by atoms with Crippen molar-refractivity contribution in [1.29, 1.82) is 0 Å². The van der Waals surface area contributed by atoms with Crippen LogP contribution in [0.15, 0.2) is 35.3 Å². The second kappa shape index (κ2) is 9.15. The Morgan fingerprint density at radius 1 is 1.23 bits per heavy atom. The van der Waals surface area contributed by atoms with Crippen molar-refractivity contribution >= 4 is 16.9 Å². The van der Waals surface area contributed by atoms with Crippen LogP contribution in [0.3, 0.4) is 0 Å². The molecule has 8 nitrogen and oxygen atoms in total. The first-order valence-corrected chi connectivity index (χ1v) is 12.4. The second-order valence-electron chi connectivity index (χ2n) is 10.5. The lowest BCUT2D eigenvalue weighted by Crippen LogP contribution is -2.35. The van der Waals surface area contributed by atoms with Crippen LogP contribution in [0.1, 0.15) is 56.9 Å². The van der Waals surface area contributed by atoms with Gasteiger partial charge >= 0.3 is 5.97 Å². The van der Waals surface area contributed by atoms with Crippen molar-refractivity contribution in [2.75, 3.05) is 26.4 Å². The molecule has 3 aromatic rings. The highest BCUT2D eigenvalue weighted by atomic mass is 16.5. The summed E-state index contributed by atoms with van der Waals surface area (Å²) < 4.78 is 20.9. The first-order valence-electron chi connectivity index (χ1n) is 12.4. The van der Waals surface area contributed by atoms with Crippen LogP contribution in [0.25, 0.3) is 22.3 Å². The van der Waals surface area contributed by atoms with Gasteiger partial charge in [-0.1, -0.05) is 32.9 Å². The van der Waals surface area contributed by atoms with Gasteiger partial charge in [-0.25, -0.2) is 4.79 Å². The number of esters is 1. The molecule has 0 amide bonds. The number of hydrogen-bond acceptors (Lipinski definition) is 6. The van der Waals surface area contributed by atoms with Crippen LogP contribution in [-0.4, -0.2) is 46.7 Å². The quantitative estimate of drug-likeness (QED) is 0.503. The van der Waals surface area contributed by atoms with Crippen molar-refractivity contribution in [1.82, 2.24) is 14.3 Å². The number of rotatable bonds is 5. The fourth-order valence-electron chi connectivity index (χ4n) is 5.07. The lowest BCUT2D eigenvalue weighted by Gasteiger charge is -2.38. The molecule has 0 saturated carbocycles. The molecular weight excluding hydrogens is 446 g/mol. The van der Waals surface area contributed by atoms with Crippen LogP contribution in [-0.2, 0) is 16.0 Å². The number of ether oxygens (including phenoxy) is 3. The third kappa shape index (κ3) is 4.35. The average Bonchev–Trinajstić information content (AvgIpc) is 3.21. The number of aromatic nitrogens is 3. The summed E-state index contributed by atoms with van der Waals surface area (Å²) in [5.41, 5.74) is 1.97. The first kappa shape index (κ1) is 23.6. The minimum absolute atomic E-state index is 0.0142. The highest BCUT2D eigenvalue weighted by Gasteiger charge is 2.35. The van der Waals surface area contributed by atoms with E-state index in [1.54, 1.807) is 19.2 Å². The van der Waals surface area contributed by atoms with E-state index in [2.05, 4.69) is 25.3 Å². The van der Waals surface area contributed by atoms with Crippen molar-refractivity contribution in [2.24, 2.45) is 11.3 Å². The molecule has 1 fully saturated rings. The molecule has 2 aromatic heterocycles. The molecule has 0 radical (unpaired) electrons. The van der Waals surface area contributed by atoms with E-state index in [0.717, 1.165) is 54.1 Å². The van der Waals surface area contributed by atoms with Crippen molar-refractivity contribution in [3.8, 4) is 17.1 Å². The standard InChI is InChI=1S/C27H33N3O5/c1-5-34-26(32)19-14-29-20(13-21(19)31)25-18-7-6-8-22(35-16-17-9-11-33-12-10-17)24(18)28-30(25)15-23(29)27(2,3)4/h6-8,13-14,17,23H,5,9-12,15-16H2,1-4H3. The van der Waals surface area contributed by atoms with Crippen LogP contribution >= 0.6 is 0 Å². The molecule has 4 heterocycles. The van der Waals surface area contributed by atoms with E-state index in [0.29, 0.717) is 19.1 Å². The minimum Gasteiger partial charge on any atom is -0.491 e. The Bertz CT molecular complexity index is 1310. The molecule has 0 spiro atoms. The number of hydrogen-bond donors (Lipinski definition) is 0. The van der Waals surface area contributed by atoms with Crippen molar-refractivity contribution < 1.29 is 19.0 Å². The maximum atomic E-state index is 13.0. The van der Waals surface area contributed by atoms with E-state index in [-0.39, 0.29) is 29.1 Å². The smallest absolute Gasteiger partial charge is 0.343 e. The summed E-state index contributed by atoms with van der Waals surface area (Å²) in [6, 6.07) is 7.47. The zero-order valence-electron chi connectivity index (χ0n) is 20.9. The predicted octanol–water partition coefficient (Wildman–Crippen LogP) is 4.45. The Morgan fingerprint density at radius 2 is 2.00 bits per heavy atom. The van der Waals surface area contributed by atoms with Gasteiger partial charge < -0.3 is 18.8 Å². The number of benzene rings is 1. The molecule has 2 aliphatic heterocycles. The number of nitrogens with zero attached hydrogens (tertiary/aromatic N) is 3. The van der Waals surface area contributed by atoms with E-state index < -0.39 is 5.97 Å². The molecule has 1 unspecified atom stereocenters. The SMILES string of the molecule is CCOC(=O)c1cn2c(cc1=O)-c1c3cccc(OCC4CCOCC4)c3nn1CC2C(C)(C)C. The Labute approximate surface area is 204 Å². The zero-order chi connectivity index (χ0) is 24.7. The summed E-state index contributed by atoms with van der Waals surface area (Å²) in [7, 11) is 0. The molecule has 2 aliphatic rings. The maximum Gasteiger partial charge on any atom is 0.343 e. The number of pyridine rings is 1. The van der Waals surface area contributed by atoms with Gasteiger partial charge in [0, 0.05) is 30.9 Å². The van der Waals surface area contributed by atoms with Crippen LogP contribution in [0, 0.1) is 11.3 Å². The van der Waals surface area contributed by atoms with E-state index in [1.807, 2.05) is 22.9 Å². The van der Waals surface area contributed by atoms with E-state index in [4.69, 9.17) is 19.3 Å². The molecule has 1 atom stereocenters. The van der Waals surface area contributed by atoms with Gasteiger partial charge in [0.1, 0.15) is 16.8 Å². The summed E-state index contributed by atoms with van der Waals surface area (Å²) in [5, 5.41) is 5.89. The molecule has 0 aliphatic carbocycles. The summed E-state index contributed by atoms with van der Waals surface area (Å²) >= 11 is 0. The van der Waals surface area contributed by atoms with Crippen LogP contribution in [0.2, 0.25) is 0 Å². The Balaban J connectivity index is 1.61. The number of carbonyl (C=O) groups excluding carboxylic acids is 1.